The first-order valence-corrected chi connectivity index (χ1v) is 10.1. The number of carbonyl (C=O) groups is 1. The smallest absolute Gasteiger partial charge is 0.251 e. The number of aromatic nitrogens is 1. The highest BCUT2D eigenvalue weighted by Crippen LogP contribution is 2.29. The van der Waals surface area contributed by atoms with Crippen molar-refractivity contribution in [2.45, 2.75) is 13.0 Å². The molecule has 27 heavy (non-hydrogen) atoms. The molecule has 3 aromatic rings. The van der Waals surface area contributed by atoms with Crippen LogP contribution in [0.3, 0.4) is 0 Å². The van der Waals surface area contributed by atoms with Gasteiger partial charge in [0.15, 0.2) is 0 Å². The van der Waals surface area contributed by atoms with Crippen LogP contribution in [0.1, 0.15) is 28.2 Å². The van der Waals surface area contributed by atoms with Crippen molar-refractivity contribution in [2.24, 2.45) is 0 Å². The lowest BCUT2D eigenvalue weighted by Gasteiger charge is -2.33. The van der Waals surface area contributed by atoms with E-state index in [0.717, 1.165) is 36.9 Å². The van der Waals surface area contributed by atoms with Crippen LogP contribution in [0, 0.1) is 0 Å². The lowest BCUT2D eigenvalue weighted by atomic mass is 10.2. The molecule has 0 aliphatic carbocycles. The van der Waals surface area contributed by atoms with Crippen molar-refractivity contribution in [2.75, 3.05) is 38.1 Å². The molecular formula is C21H24N4OS. The van der Waals surface area contributed by atoms with Gasteiger partial charge in [-0.2, -0.15) is 0 Å². The van der Waals surface area contributed by atoms with E-state index in [9.17, 15) is 4.79 Å². The van der Waals surface area contributed by atoms with Crippen LogP contribution in [-0.4, -0.2) is 49.0 Å². The van der Waals surface area contributed by atoms with Crippen molar-refractivity contribution in [3.63, 3.8) is 0 Å². The molecule has 6 heteroatoms. The van der Waals surface area contributed by atoms with Crippen LogP contribution < -0.4 is 10.2 Å². The van der Waals surface area contributed by atoms with Gasteiger partial charge >= 0.3 is 0 Å². The van der Waals surface area contributed by atoms with Crippen molar-refractivity contribution in [3.8, 4) is 0 Å². The highest BCUT2D eigenvalue weighted by atomic mass is 32.1. The van der Waals surface area contributed by atoms with Gasteiger partial charge in [-0.25, -0.2) is 4.98 Å². The number of nitrogens with zero attached hydrogens (tertiary/aromatic N) is 3. The number of likely N-dealkylation sites (N-methyl/N-ethyl adjacent to an activating group) is 1. The fourth-order valence-electron chi connectivity index (χ4n) is 3.34. The van der Waals surface area contributed by atoms with Crippen molar-refractivity contribution in [1.29, 1.82) is 0 Å². The zero-order valence-electron chi connectivity index (χ0n) is 15.7. The van der Waals surface area contributed by atoms with Crippen molar-refractivity contribution in [3.05, 3.63) is 59.1 Å². The van der Waals surface area contributed by atoms with Gasteiger partial charge in [0.05, 0.1) is 6.04 Å². The number of benzene rings is 1. The minimum atomic E-state index is -0.0577. The summed E-state index contributed by atoms with van der Waals surface area (Å²) in [5.41, 5.74) is 0.659. The molecule has 1 N–H and O–H groups in total. The van der Waals surface area contributed by atoms with E-state index in [-0.39, 0.29) is 11.9 Å². The largest absolute Gasteiger partial charge is 0.354 e. The van der Waals surface area contributed by atoms with E-state index in [1.807, 2.05) is 25.1 Å². The highest BCUT2D eigenvalue weighted by molar-refractivity contribution is 7.19. The van der Waals surface area contributed by atoms with E-state index in [1.54, 1.807) is 23.6 Å². The minimum Gasteiger partial charge on any atom is -0.354 e. The number of hydrogen-bond donors (Lipinski definition) is 1. The fourth-order valence-corrected chi connectivity index (χ4v) is 4.40. The Bertz CT molecular complexity index is 913. The Labute approximate surface area is 163 Å². The molecule has 5 nitrogen and oxygen atoms in total. The first kappa shape index (κ1) is 17.9. The van der Waals surface area contributed by atoms with E-state index in [1.165, 1.54) is 10.1 Å². The lowest BCUT2D eigenvalue weighted by molar-refractivity contribution is 0.0940. The Hall–Kier alpha value is -2.44. The summed E-state index contributed by atoms with van der Waals surface area (Å²) in [6.45, 7) is 5.94. The standard InChI is InChI=1S/C21H24N4OS/c1-15(19-13-16-5-3-4-6-18(16)27-19)23-21(26)17-7-8-22-20(14-17)25-11-9-24(2)10-12-25/h3-8,13-15H,9-12H2,1-2H3,(H,23,26). The van der Waals surface area contributed by atoms with Crippen molar-refractivity contribution >= 4 is 33.1 Å². The predicted octanol–water partition coefficient (Wildman–Crippen LogP) is 3.54. The number of fused-ring (bicyclic) bond motifs is 1. The van der Waals surface area contributed by atoms with E-state index in [2.05, 4.69) is 45.3 Å². The number of piperazine rings is 1. The van der Waals surface area contributed by atoms with E-state index >= 15 is 0 Å². The summed E-state index contributed by atoms with van der Waals surface area (Å²) < 4.78 is 1.25. The first-order valence-electron chi connectivity index (χ1n) is 9.29. The Kier molecular flexibility index (Phi) is 5.09. The summed E-state index contributed by atoms with van der Waals surface area (Å²) in [7, 11) is 2.13. The van der Waals surface area contributed by atoms with Crippen LogP contribution in [0.2, 0.25) is 0 Å². The third kappa shape index (κ3) is 3.96. The maximum absolute atomic E-state index is 12.8. The molecule has 1 amide bonds. The first-order chi connectivity index (χ1) is 13.1. The lowest BCUT2D eigenvalue weighted by Crippen LogP contribution is -2.44. The van der Waals surface area contributed by atoms with Crippen LogP contribution >= 0.6 is 11.3 Å². The second-order valence-electron chi connectivity index (χ2n) is 7.07. The molecule has 0 spiro atoms. The topological polar surface area (TPSA) is 48.5 Å². The van der Waals surface area contributed by atoms with Gasteiger partial charge in [-0.05, 0) is 43.6 Å². The SMILES string of the molecule is CC(NC(=O)c1ccnc(N2CCN(C)CC2)c1)c1cc2ccccc2s1. The zero-order valence-corrected chi connectivity index (χ0v) is 16.5. The quantitative estimate of drug-likeness (QED) is 0.752. The molecule has 0 radical (unpaired) electrons. The summed E-state index contributed by atoms with van der Waals surface area (Å²) >= 11 is 1.73. The third-order valence-corrected chi connectivity index (χ3v) is 6.35. The number of amides is 1. The molecule has 2 aromatic heterocycles. The van der Waals surface area contributed by atoms with Crippen molar-refractivity contribution in [1.82, 2.24) is 15.2 Å². The molecule has 1 saturated heterocycles. The molecule has 1 unspecified atom stereocenters. The van der Waals surface area contributed by atoms with E-state index < -0.39 is 0 Å². The Morgan fingerprint density at radius 2 is 1.93 bits per heavy atom. The number of pyridine rings is 1. The second-order valence-corrected chi connectivity index (χ2v) is 8.19. The number of thiophene rings is 1. The van der Waals surface area contributed by atoms with Gasteiger partial charge in [0.1, 0.15) is 5.82 Å². The number of anilines is 1. The Morgan fingerprint density at radius 3 is 2.70 bits per heavy atom. The third-order valence-electron chi connectivity index (χ3n) is 5.05. The number of carbonyl (C=O) groups excluding carboxylic acids is 1. The zero-order chi connectivity index (χ0) is 18.8. The molecule has 1 fully saturated rings. The van der Waals surface area contributed by atoms with E-state index in [0.29, 0.717) is 5.56 Å². The van der Waals surface area contributed by atoms with Crippen LogP contribution in [0.15, 0.2) is 48.7 Å². The molecule has 1 atom stereocenters. The molecule has 1 aromatic carbocycles. The average Bonchev–Trinajstić information content (AvgIpc) is 3.13. The molecule has 1 aliphatic heterocycles. The van der Waals surface area contributed by atoms with Gasteiger partial charge in [-0.3, -0.25) is 4.79 Å². The maximum atomic E-state index is 12.8. The molecule has 3 heterocycles. The summed E-state index contributed by atoms with van der Waals surface area (Å²) in [4.78, 5) is 22.9. The fraction of sp³-hybridized carbons (Fsp3) is 0.333. The van der Waals surface area contributed by atoms with Crippen molar-refractivity contribution < 1.29 is 4.79 Å². The number of rotatable bonds is 4. The summed E-state index contributed by atoms with van der Waals surface area (Å²) in [5.74, 6) is 0.822. The summed E-state index contributed by atoms with van der Waals surface area (Å²) in [6, 6.07) is 14.1. The normalized spacial score (nSPS) is 16.4. The van der Waals surface area contributed by atoms with Crippen LogP contribution in [0.5, 0.6) is 0 Å². The number of nitrogens with one attached hydrogen (secondary N) is 1. The van der Waals surface area contributed by atoms with Gasteiger partial charge in [-0.15, -0.1) is 11.3 Å². The van der Waals surface area contributed by atoms with Gasteiger partial charge in [-0.1, -0.05) is 18.2 Å². The van der Waals surface area contributed by atoms with Gasteiger partial charge in [0, 0.05) is 47.5 Å². The molecular weight excluding hydrogens is 356 g/mol. The van der Waals surface area contributed by atoms with Gasteiger partial charge in [0.2, 0.25) is 0 Å². The Balaban J connectivity index is 1.46. The predicted molar refractivity (Wildman–Crippen MR) is 112 cm³/mol. The number of hydrogen-bond acceptors (Lipinski definition) is 5. The van der Waals surface area contributed by atoms with Crippen LogP contribution in [-0.2, 0) is 0 Å². The second kappa shape index (κ2) is 7.66. The monoisotopic (exact) mass is 380 g/mol. The molecule has 0 bridgehead atoms. The van der Waals surface area contributed by atoms with Crippen LogP contribution in [0.25, 0.3) is 10.1 Å². The summed E-state index contributed by atoms with van der Waals surface area (Å²) in [5, 5.41) is 4.35. The van der Waals surface area contributed by atoms with Gasteiger partial charge in [0.25, 0.3) is 5.91 Å². The summed E-state index contributed by atoms with van der Waals surface area (Å²) in [6.07, 6.45) is 1.73. The van der Waals surface area contributed by atoms with E-state index in [4.69, 9.17) is 0 Å². The molecule has 140 valence electrons. The Morgan fingerprint density at radius 1 is 1.15 bits per heavy atom. The molecule has 4 rings (SSSR count). The average molecular weight is 381 g/mol. The minimum absolute atomic E-state index is 0.0323. The maximum Gasteiger partial charge on any atom is 0.251 e. The molecule has 0 saturated carbocycles. The molecule has 1 aliphatic rings. The van der Waals surface area contributed by atoms with Crippen LogP contribution in [0.4, 0.5) is 5.82 Å². The highest BCUT2D eigenvalue weighted by Gasteiger charge is 2.18. The van der Waals surface area contributed by atoms with Gasteiger partial charge < -0.3 is 15.1 Å².